The largest absolute Gasteiger partial charge is 0.481 e. The molecule has 2 bridgehead atoms. The summed E-state index contributed by atoms with van der Waals surface area (Å²) in [5, 5.41) is 8.89. The van der Waals surface area contributed by atoms with Crippen LogP contribution in [0, 0.1) is 5.92 Å². The molecule has 0 spiro atoms. The molecule has 2 aliphatic heterocycles. The van der Waals surface area contributed by atoms with Crippen LogP contribution in [0.5, 0.6) is 0 Å². The molecule has 2 saturated heterocycles. The molecule has 0 aliphatic carbocycles. The zero-order valence-corrected chi connectivity index (χ0v) is 11.7. The van der Waals surface area contributed by atoms with Gasteiger partial charge in [-0.3, -0.25) is 9.69 Å². The first-order valence-electron chi connectivity index (χ1n) is 7.35. The van der Waals surface area contributed by atoms with E-state index >= 15 is 0 Å². The molecule has 2 heterocycles. The molecule has 0 amide bonds. The minimum Gasteiger partial charge on any atom is -0.481 e. The fraction of sp³-hybridized carbons (Fsp3) is 0.562. The molecule has 3 nitrogen and oxygen atoms in total. The van der Waals surface area contributed by atoms with Crippen LogP contribution < -0.4 is 0 Å². The van der Waals surface area contributed by atoms with Crippen molar-refractivity contribution in [2.75, 3.05) is 0 Å². The van der Waals surface area contributed by atoms with Gasteiger partial charge in [0.05, 0.1) is 6.04 Å². The van der Waals surface area contributed by atoms with Crippen molar-refractivity contribution in [1.82, 2.24) is 4.90 Å². The monoisotopic (exact) mass is 295 g/mol. The summed E-state index contributed by atoms with van der Waals surface area (Å²) in [5.41, 5.74) is 1.03. The van der Waals surface area contributed by atoms with Gasteiger partial charge in [-0.2, -0.15) is 0 Å². The molecule has 2 fully saturated rings. The van der Waals surface area contributed by atoms with E-state index in [-0.39, 0.29) is 31.2 Å². The molecule has 0 radical (unpaired) electrons. The first-order valence-corrected chi connectivity index (χ1v) is 7.35. The molecule has 5 heteroatoms. The lowest BCUT2D eigenvalue weighted by Crippen LogP contribution is -2.46. The van der Waals surface area contributed by atoms with Crippen LogP contribution in [-0.2, 0) is 11.3 Å². The lowest BCUT2D eigenvalue weighted by Gasteiger charge is -2.38. The predicted octanol–water partition coefficient (Wildman–Crippen LogP) is 3.15. The number of carbonyl (C=O) groups is 1. The molecule has 114 valence electrons. The first kappa shape index (κ1) is 14.4. The Balaban J connectivity index is 1.76. The molecule has 1 aromatic rings. The van der Waals surface area contributed by atoms with Crippen LogP contribution in [0.1, 0.15) is 31.2 Å². The Bertz CT molecular complexity index is 520. The van der Waals surface area contributed by atoms with Crippen LogP contribution in [0.25, 0.3) is 0 Å². The molecule has 3 atom stereocenters. The quantitative estimate of drug-likeness (QED) is 0.927. The summed E-state index contributed by atoms with van der Waals surface area (Å²) in [4.78, 5) is 12.7. The van der Waals surface area contributed by atoms with Crippen molar-refractivity contribution in [3.05, 3.63) is 35.9 Å². The van der Waals surface area contributed by atoms with Crippen molar-refractivity contribution in [3.63, 3.8) is 0 Å². The Hall–Kier alpha value is -1.49. The number of carboxylic acid groups (broad SMARTS) is 1. The number of aliphatic carboxylic acids is 1. The number of carboxylic acids is 1. The maximum absolute atomic E-state index is 14.2. The highest BCUT2D eigenvalue weighted by Gasteiger charge is 2.57. The zero-order chi connectivity index (χ0) is 15.0. The van der Waals surface area contributed by atoms with Crippen molar-refractivity contribution in [2.45, 2.75) is 50.2 Å². The van der Waals surface area contributed by atoms with E-state index in [0.29, 0.717) is 13.0 Å². The van der Waals surface area contributed by atoms with Crippen molar-refractivity contribution in [1.29, 1.82) is 0 Å². The zero-order valence-electron chi connectivity index (χ0n) is 11.7. The van der Waals surface area contributed by atoms with Gasteiger partial charge in [0.15, 0.2) is 0 Å². The molecular weight excluding hydrogens is 276 g/mol. The van der Waals surface area contributed by atoms with Crippen molar-refractivity contribution < 1.29 is 18.7 Å². The number of rotatable bonds is 4. The minimum atomic E-state index is -2.70. The minimum absolute atomic E-state index is 0.00224. The van der Waals surface area contributed by atoms with Gasteiger partial charge in [0.1, 0.15) is 0 Å². The van der Waals surface area contributed by atoms with Gasteiger partial charge in [-0.1, -0.05) is 30.3 Å². The summed E-state index contributed by atoms with van der Waals surface area (Å²) in [7, 11) is 0. The lowest BCUT2D eigenvalue weighted by molar-refractivity contribution is -0.139. The van der Waals surface area contributed by atoms with Crippen LogP contribution in [0.4, 0.5) is 8.78 Å². The Labute approximate surface area is 122 Å². The number of hydrogen-bond donors (Lipinski definition) is 1. The van der Waals surface area contributed by atoms with E-state index in [1.165, 1.54) is 0 Å². The summed E-state index contributed by atoms with van der Waals surface area (Å²) < 4.78 is 28.3. The highest BCUT2D eigenvalue weighted by atomic mass is 19.3. The molecular formula is C16H19F2NO2. The number of alkyl halides is 2. The maximum atomic E-state index is 14.2. The van der Waals surface area contributed by atoms with E-state index in [0.717, 1.165) is 5.56 Å². The van der Waals surface area contributed by atoms with Gasteiger partial charge in [0.25, 0.3) is 5.92 Å². The second-order valence-electron chi connectivity index (χ2n) is 6.23. The van der Waals surface area contributed by atoms with Gasteiger partial charge in [-0.05, 0) is 24.3 Å². The second-order valence-corrected chi connectivity index (χ2v) is 6.23. The highest BCUT2D eigenvalue weighted by molar-refractivity contribution is 5.67. The topological polar surface area (TPSA) is 40.5 Å². The van der Waals surface area contributed by atoms with Crippen molar-refractivity contribution >= 4 is 5.97 Å². The van der Waals surface area contributed by atoms with Crippen LogP contribution >= 0.6 is 0 Å². The van der Waals surface area contributed by atoms with Gasteiger partial charge in [-0.15, -0.1) is 0 Å². The number of hydrogen-bond acceptors (Lipinski definition) is 2. The smallest absolute Gasteiger partial charge is 0.303 e. The average Bonchev–Trinajstić information content (AvgIpc) is 2.55. The van der Waals surface area contributed by atoms with Gasteiger partial charge < -0.3 is 5.11 Å². The third kappa shape index (κ3) is 2.93. The molecule has 3 rings (SSSR count). The Morgan fingerprint density at radius 3 is 2.62 bits per heavy atom. The van der Waals surface area contributed by atoms with Gasteiger partial charge in [0.2, 0.25) is 0 Å². The number of piperidine rings is 1. The molecule has 0 unspecified atom stereocenters. The summed E-state index contributed by atoms with van der Waals surface area (Å²) >= 11 is 0. The molecule has 21 heavy (non-hydrogen) atoms. The maximum Gasteiger partial charge on any atom is 0.303 e. The summed E-state index contributed by atoms with van der Waals surface area (Å²) in [6.07, 6.45) is 0.705. The lowest BCUT2D eigenvalue weighted by atomic mass is 9.87. The molecule has 2 aliphatic rings. The first-order chi connectivity index (χ1) is 9.95. The van der Waals surface area contributed by atoms with Crippen LogP contribution in [0.3, 0.4) is 0 Å². The molecule has 1 N–H and O–H groups in total. The van der Waals surface area contributed by atoms with Crippen molar-refractivity contribution in [2.24, 2.45) is 5.92 Å². The number of nitrogens with zero attached hydrogens (tertiary/aromatic N) is 1. The Kier molecular flexibility index (Phi) is 3.69. The summed E-state index contributed by atoms with van der Waals surface area (Å²) in [5.74, 6) is -3.72. The highest BCUT2D eigenvalue weighted by Crippen LogP contribution is 2.48. The normalized spacial score (nSPS) is 31.2. The van der Waals surface area contributed by atoms with Crippen LogP contribution in [0.15, 0.2) is 30.3 Å². The van der Waals surface area contributed by atoms with Gasteiger partial charge in [-0.25, -0.2) is 8.78 Å². The van der Waals surface area contributed by atoms with Gasteiger partial charge >= 0.3 is 5.97 Å². The van der Waals surface area contributed by atoms with E-state index < -0.39 is 17.9 Å². The fourth-order valence-corrected chi connectivity index (χ4v) is 3.83. The fourth-order valence-electron chi connectivity index (χ4n) is 3.83. The SMILES string of the molecule is O=C(O)C[C@@H]1C[C@H]2CC(F)(F)[C@@H](C1)N2Cc1ccccc1. The molecule has 0 aromatic heterocycles. The summed E-state index contributed by atoms with van der Waals surface area (Å²) in [6.45, 7) is 0.519. The van der Waals surface area contributed by atoms with Crippen LogP contribution in [0.2, 0.25) is 0 Å². The van der Waals surface area contributed by atoms with E-state index in [1.807, 2.05) is 35.2 Å². The van der Waals surface area contributed by atoms with E-state index in [1.54, 1.807) is 0 Å². The van der Waals surface area contributed by atoms with E-state index in [4.69, 9.17) is 5.11 Å². The molecule has 1 aromatic carbocycles. The average molecular weight is 295 g/mol. The number of fused-ring (bicyclic) bond motifs is 2. The van der Waals surface area contributed by atoms with E-state index in [2.05, 4.69) is 0 Å². The Morgan fingerprint density at radius 1 is 1.29 bits per heavy atom. The number of benzene rings is 1. The number of halogens is 2. The van der Waals surface area contributed by atoms with Crippen molar-refractivity contribution in [3.8, 4) is 0 Å². The van der Waals surface area contributed by atoms with Gasteiger partial charge in [0, 0.05) is 25.4 Å². The Morgan fingerprint density at radius 2 is 2.00 bits per heavy atom. The predicted molar refractivity (Wildman–Crippen MR) is 74.1 cm³/mol. The standard InChI is InChI=1S/C16H19F2NO2/c17-16(18)9-13-6-12(8-15(20)21)7-14(16)19(13)10-11-4-2-1-3-5-11/h1-5,12-14H,6-10H2,(H,20,21)/t12-,13+,14-/m1/s1. The van der Waals surface area contributed by atoms with Crippen LogP contribution in [-0.4, -0.2) is 34.0 Å². The summed E-state index contributed by atoms with van der Waals surface area (Å²) in [6, 6.07) is 8.59. The third-order valence-corrected chi connectivity index (χ3v) is 4.70. The van der Waals surface area contributed by atoms with E-state index in [9.17, 15) is 13.6 Å². The molecule has 0 saturated carbocycles. The second kappa shape index (κ2) is 5.37. The third-order valence-electron chi connectivity index (χ3n) is 4.70.